The lowest BCUT2D eigenvalue weighted by Gasteiger charge is -2.31. The summed E-state index contributed by atoms with van der Waals surface area (Å²) in [4.78, 5) is 41.8. The van der Waals surface area contributed by atoms with E-state index >= 15 is 0 Å². The van der Waals surface area contributed by atoms with Crippen LogP contribution in [-0.2, 0) is 32.1 Å². The van der Waals surface area contributed by atoms with Crippen LogP contribution < -0.4 is 20.7 Å². The maximum absolute atomic E-state index is 13.4. The Morgan fingerprint density at radius 1 is 1.13 bits per heavy atom. The molecular weight excluding hydrogens is 484 g/mol. The molecule has 2 amide bonds. The molecule has 0 unspecified atom stereocenters. The van der Waals surface area contributed by atoms with Gasteiger partial charge in [-0.2, -0.15) is 0 Å². The molecule has 4 rings (SSSR count). The van der Waals surface area contributed by atoms with Crippen LogP contribution >= 0.6 is 0 Å². The van der Waals surface area contributed by atoms with Crippen LogP contribution in [0.2, 0.25) is 0 Å². The van der Waals surface area contributed by atoms with Crippen molar-refractivity contribution < 1.29 is 23.9 Å². The van der Waals surface area contributed by atoms with E-state index in [0.29, 0.717) is 18.8 Å². The summed E-state index contributed by atoms with van der Waals surface area (Å²) >= 11 is 0. The summed E-state index contributed by atoms with van der Waals surface area (Å²) in [5.41, 5.74) is 7.54. The Labute approximate surface area is 222 Å². The number of amides is 2. The van der Waals surface area contributed by atoms with Gasteiger partial charge in [0.25, 0.3) is 0 Å². The molecule has 1 aliphatic rings. The van der Waals surface area contributed by atoms with Crippen LogP contribution in [0.25, 0.3) is 10.9 Å². The van der Waals surface area contributed by atoms with Crippen LogP contribution in [0.5, 0.6) is 5.75 Å². The summed E-state index contributed by atoms with van der Waals surface area (Å²) in [5, 5.41) is 4.25. The average Bonchev–Trinajstić information content (AvgIpc) is 3.31. The van der Waals surface area contributed by atoms with Crippen molar-refractivity contribution in [3.63, 3.8) is 0 Å². The SMILES string of the molecule is CC(C)(C)OC(=O)CC[C@@H]1NC(C)(C)N(c2cccc(COc3ccc4[nH]cc(CC(N)=O)c4c3)c2)C1=O. The highest BCUT2D eigenvalue weighted by molar-refractivity contribution is 6.01. The van der Waals surface area contributed by atoms with Crippen molar-refractivity contribution in [1.29, 1.82) is 0 Å². The number of ether oxygens (including phenoxy) is 2. The summed E-state index contributed by atoms with van der Waals surface area (Å²) in [6, 6.07) is 12.8. The van der Waals surface area contributed by atoms with E-state index in [2.05, 4.69) is 10.3 Å². The predicted octanol–water partition coefficient (Wildman–Crippen LogP) is 3.94. The van der Waals surface area contributed by atoms with Crippen molar-refractivity contribution in [2.75, 3.05) is 4.90 Å². The first-order chi connectivity index (χ1) is 17.8. The monoisotopic (exact) mass is 520 g/mol. The number of aromatic nitrogens is 1. The molecule has 202 valence electrons. The van der Waals surface area contributed by atoms with Crippen LogP contribution in [0.1, 0.15) is 58.6 Å². The first-order valence-corrected chi connectivity index (χ1v) is 12.8. The van der Waals surface area contributed by atoms with Crippen LogP contribution in [0, 0.1) is 0 Å². The van der Waals surface area contributed by atoms with Crippen LogP contribution in [0.4, 0.5) is 5.69 Å². The molecule has 4 N–H and O–H groups in total. The summed E-state index contributed by atoms with van der Waals surface area (Å²) in [6.45, 7) is 9.66. The molecule has 9 nitrogen and oxygen atoms in total. The Bertz CT molecular complexity index is 1350. The van der Waals surface area contributed by atoms with Crippen LogP contribution in [-0.4, -0.2) is 40.1 Å². The third kappa shape index (κ3) is 6.34. The second-order valence-corrected chi connectivity index (χ2v) is 11.2. The molecule has 38 heavy (non-hydrogen) atoms. The molecule has 9 heteroatoms. The van der Waals surface area contributed by atoms with Gasteiger partial charge in [0, 0.05) is 29.2 Å². The van der Waals surface area contributed by atoms with Crippen molar-refractivity contribution >= 4 is 34.4 Å². The maximum atomic E-state index is 13.4. The number of carbonyl (C=O) groups is 3. The topological polar surface area (TPSA) is 127 Å². The third-order valence-electron chi connectivity index (χ3n) is 6.34. The molecule has 0 spiro atoms. The third-order valence-corrected chi connectivity index (χ3v) is 6.34. The van der Waals surface area contributed by atoms with Gasteiger partial charge >= 0.3 is 5.97 Å². The lowest BCUT2D eigenvalue weighted by molar-refractivity contribution is -0.155. The van der Waals surface area contributed by atoms with Crippen LogP contribution in [0.3, 0.4) is 0 Å². The van der Waals surface area contributed by atoms with Gasteiger partial charge < -0.3 is 20.2 Å². The van der Waals surface area contributed by atoms with Gasteiger partial charge in [0.1, 0.15) is 18.0 Å². The molecule has 0 aliphatic carbocycles. The fourth-order valence-corrected chi connectivity index (χ4v) is 4.82. The Morgan fingerprint density at radius 2 is 1.89 bits per heavy atom. The van der Waals surface area contributed by atoms with Gasteiger partial charge in [0.15, 0.2) is 0 Å². The first kappa shape index (κ1) is 27.2. The van der Waals surface area contributed by atoms with Crippen molar-refractivity contribution in [2.24, 2.45) is 5.73 Å². The van der Waals surface area contributed by atoms with E-state index < -0.39 is 23.2 Å². The van der Waals surface area contributed by atoms with Crippen molar-refractivity contribution in [1.82, 2.24) is 10.3 Å². The molecule has 1 aromatic heterocycles. The lowest BCUT2D eigenvalue weighted by Crippen LogP contribution is -2.47. The molecule has 1 atom stereocenters. The Balaban J connectivity index is 1.44. The predicted molar refractivity (Wildman–Crippen MR) is 146 cm³/mol. The lowest BCUT2D eigenvalue weighted by atomic mass is 10.1. The number of benzene rings is 2. The summed E-state index contributed by atoms with van der Waals surface area (Å²) in [6.07, 6.45) is 2.45. The Hall–Kier alpha value is -3.85. The number of rotatable bonds is 9. The zero-order valence-electron chi connectivity index (χ0n) is 22.6. The number of hydrogen-bond donors (Lipinski definition) is 3. The van der Waals surface area contributed by atoms with Gasteiger partial charge in [-0.1, -0.05) is 12.1 Å². The Morgan fingerprint density at radius 3 is 2.61 bits per heavy atom. The molecule has 1 saturated heterocycles. The molecule has 0 radical (unpaired) electrons. The highest BCUT2D eigenvalue weighted by Gasteiger charge is 2.45. The minimum absolute atomic E-state index is 0.0866. The zero-order chi connectivity index (χ0) is 27.7. The normalized spacial score (nSPS) is 17.1. The molecule has 2 aromatic carbocycles. The van der Waals surface area contributed by atoms with Gasteiger partial charge in [-0.05, 0) is 82.5 Å². The second kappa shape index (κ2) is 10.5. The van der Waals surface area contributed by atoms with E-state index in [0.717, 1.165) is 27.7 Å². The van der Waals surface area contributed by atoms with Gasteiger partial charge in [0.05, 0.1) is 18.1 Å². The van der Waals surface area contributed by atoms with Crippen molar-refractivity contribution in [3.05, 3.63) is 59.8 Å². The van der Waals surface area contributed by atoms with Gasteiger partial charge in [-0.3, -0.25) is 24.6 Å². The summed E-state index contributed by atoms with van der Waals surface area (Å²) < 4.78 is 11.4. The number of esters is 1. The fourth-order valence-electron chi connectivity index (χ4n) is 4.82. The molecule has 0 bridgehead atoms. The maximum Gasteiger partial charge on any atom is 0.306 e. The number of nitrogens with two attached hydrogens (primary N) is 1. The van der Waals surface area contributed by atoms with E-state index in [1.54, 1.807) is 11.1 Å². The minimum Gasteiger partial charge on any atom is -0.489 e. The molecule has 3 aromatic rings. The quantitative estimate of drug-likeness (QED) is 0.367. The number of hydrogen-bond acceptors (Lipinski definition) is 6. The largest absolute Gasteiger partial charge is 0.489 e. The highest BCUT2D eigenvalue weighted by Crippen LogP contribution is 2.31. The van der Waals surface area contributed by atoms with E-state index in [1.165, 1.54) is 0 Å². The number of H-pyrrole nitrogens is 1. The molecule has 2 heterocycles. The van der Waals surface area contributed by atoms with Crippen molar-refractivity contribution in [2.45, 2.75) is 77.8 Å². The van der Waals surface area contributed by atoms with E-state index in [9.17, 15) is 14.4 Å². The number of anilines is 1. The van der Waals surface area contributed by atoms with Crippen molar-refractivity contribution in [3.8, 4) is 5.75 Å². The van der Waals surface area contributed by atoms with Gasteiger partial charge in [-0.15, -0.1) is 0 Å². The minimum atomic E-state index is -0.634. The smallest absolute Gasteiger partial charge is 0.306 e. The molecule has 1 fully saturated rings. The number of aromatic amines is 1. The standard InChI is InChI=1S/C29H36N4O5/c1-28(2,3)38-26(35)12-11-24-27(36)33(29(4,5)32-24)20-8-6-7-18(13-20)17-37-21-9-10-23-22(15-21)19(16-31-23)14-25(30)34/h6-10,13,15-16,24,31-32H,11-12,14,17H2,1-5H3,(H2,30,34)/t24-/m0/s1. The van der Waals surface area contributed by atoms with E-state index in [4.69, 9.17) is 15.2 Å². The van der Waals surface area contributed by atoms with Crippen LogP contribution in [0.15, 0.2) is 48.7 Å². The number of fused-ring (bicyclic) bond motifs is 1. The van der Waals surface area contributed by atoms with E-state index in [1.807, 2.05) is 77.1 Å². The molecular formula is C29H36N4O5. The van der Waals surface area contributed by atoms with E-state index in [-0.39, 0.29) is 24.7 Å². The number of nitrogens with zero attached hydrogens (tertiary/aromatic N) is 1. The van der Waals surface area contributed by atoms with Gasteiger partial charge in [0.2, 0.25) is 11.8 Å². The second-order valence-electron chi connectivity index (χ2n) is 11.2. The summed E-state index contributed by atoms with van der Waals surface area (Å²) in [7, 11) is 0. The number of primary amides is 1. The molecule has 0 saturated carbocycles. The number of carbonyl (C=O) groups excluding carboxylic acids is 3. The van der Waals surface area contributed by atoms with Gasteiger partial charge in [-0.25, -0.2) is 0 Å². The molecule has 1 aliphatic heterocycles. The Kier molecular flexibility index (Phi) is 7.51. The highest BCUT2D eigenvalue weighted by atomic mass is 16.6. The fraction of sp³-hybridized carbons (Fsp3) is 0.414. The average molecular weight is 521 g/mol. The first-order valence-electron chi connectivity index (χ1n) is 12.8. The zero-order valence-corrected chi connectivity index (χ0v) is 22.6. The summed E-state index contributed by atoms with van der Waals surface area (Å²) in [5.74, 6) is -0.136. The number of nitrogens with one attached hydrogen (secondary N) is 2.